The van der Waals surface area contributed by atoms with Crippen molar-refractivity contribution in [2.45, 2.75) is 64.0 Å². The highest BCUT2D eigenvalue weighted by atomic mass is 16.4. The van der Waals surface area contributed by atoms with Crippen molar-refractivity contribution in [3.63, 3.8) is 0 Å². The lowest BCUT2D eigenvalue weighted by atomic mass is 9.85. The molecule has 1 spiro atoms. The SMILES string of the molecule is CCN(CC(=O)O)C1CC(NC(=O)C2CC23CCCC3)C1. The van der Waals surface area contributed by atoms with E-state index in [1.165, 1.54) is 25.7 Å². The lowest BCUT2D eigenvalue weighted by molar-refractivity contribution is -0.140. The fourth-order valence-corrected chi connectivity index (χ4v) is 4.33. The number of rotatable bonds is 6. The van der Waals surface area contributed by atoms with Crippen LogP contribution < -0.4 is 5.32 Å². The third kappa shape index (κ3) is 2.93. The van der Waals surface area contributed by atoms with Crippen molar-refractivity contribution < 1.29 is 14.7 Å². The highest BCUT2D eigenvalue weighted by Crippen LogP contribution is 2.62. The van der Waals surface area contributed by atoms with E-state index >= 15 is 0 Å². The van der Waals surface area contributed by atoms with E-state index in [0.29, 0.717) is 11.5 Å². The Labute approximate surface area is 126 Å². The van der Waals surface area contributed by atoms with Crippen molar-refractivity contribution in [1.29, 1.82) is 0 Å². The number of aliphatic carboxylic acids is 1. The first-order valence-corrected chi connectivity index (χ1v) is 8.30. The summed E-state index contributed by atoms with van der Waals surface area (Å²) >= 11 is 0. The Bertz CT molecular complexity index is 425. The van der Waals surface area contributed by atoms with E-state index in [2.05, 4.69) is 5.32 Å². The zero-order chi connectivity index (χ0) is 15.0. The van der Waals surface area contributed by atoms with Gasteiger partial charge in [0.1, 0.15) is 0 Å². The van der Waals surface area contributed by atoms with Crippen molar-refractivity contribution in [3.05, 3.63) is 0 Å². The number of carbonyl (C=O) groups excluding carboxylic acids is 1. The number of nitrogens with zero attached hydrogens (tertiary/aromatic N) is 1. The number of hydrogen-bond donors (Lipinski definition) is 2. The van der Waals surface area contributed by atoms with E-state index in [4.69, 9.17) is 5.11 Å². The molecule has 3 aliphatic carbocycles. The molecular formula is C16H26N2O3. The fourth-order valence-electron chi connectivity index (χ4n) is 4.33. The second kappa shape index (κ2) is 5.59. The average Bonchev–Trinajstić information content (AvgIpc) is 2.88. The minimum atomic E-state index is -0.773. The van der Waals surface area contributed by atoms with Gasteiger partial charge in [-0.2, -0.15) is 0 Å². The number of likely N-dealkylation sites (N-methyl/N-ethyl adjacent to an activating group) is 1. The van der Waals surface area contributed by atoms with Gasteiger partial charge in [0.05, 0.1) is 6.54 Å². The topological polar surface area (TPSA) is 69.6 Å². The standard InChI is InChI=1S/C16H26N2O3/c1-2-18(10-14(19)20)12-7-11(8-12)17-15(21)13-9-16(13)5-3-4-6-16/h11-13H,2-10H2,1H3,(H,17,21)(H,19,20). The first kappa shape index (κ1) is 14.8. The average molecular weight is 294 g/mol. The Hall–Kier alpha value is -1.10. The lowest BCUT2D eigenvalue weighted by Crippen LogP contribution is -2.55. The zero-order valence-corrected chi connectivity index (χ0v) is 12.8. The largest absolute Gasteiger partial charge is 0.480 e. The highest BCUT2D eigenvalue weighted by molar-refractivity contribution is 5.83. The minimum Gasteiger partial charge on any atom is -0.480 e. The summed E-state index contributed by atoms with van der Waals surface area (Å²) in [6.45, 7) is 2.85. The molecule has 5 nitrogen and oxygen atoms in total. The summed E-state index contributed by atoms with van der Waals surface area (Å²) in [7, 11) is 0. The molecule has 1 atom stereocenters. The molecule has 1 unspecified atom stereocenters. The normalized spacial score (nSPS) is 33.0. The maximum Gasteiger partial charge on any atom is 0.317 e. The van der Waals surface area contributed by atoms with Crippen LogP contribution in [0.5, 0.6) is 0 Å². The molecule has 0 radical (unpaired) electrons. The Morgan fingerprint density at radius 1 is 1.29 bits per heavy atom. The molecule has 5 heteroatoms. The first-order valence-electron chi connectivity index (χ1n) is 8.30. The summed E-state index contributed by atoms with van der Waals surface area (Å²) in [5.41, 5.74) is 0.367. The molecule has 0 aromatic heterocycles. The van der Waals surface area contributed by atoms with Crippen LogP contribution in [0.25, 0.3) is 0 Å². The maximum atomic E-state index is 12.3. The fraction of sp³-hybridized carbons (Fsp3) is 0.875. The molecule has 0 heterocycles. The molecular weight excluding hydrogens is 268 g/mol. The van der Waals surface area contributed by atoms with Gasteiger partial charge in [-0.1, -0.05) is 19.8 Å². The number of hydrogen-bond acceptors (Lipinski definition) is 3. The molecule has 3 fully saturated rings. The van der Waals surface area contributed by atoms with Crippen molar-refractivity contribution >= 4 is 11.9 Å². The molecule has 0 aliphatic heterocycles. The Morgan fingerprint density at radius 2 is 1.95 bits per heavy atom. The molecule has 118 valence electrons. The zero-order valence-electron chi connectivity index (χ0n) is 12.8. The molecule has 2 N–H and O–H groups in total. The molecule has 0 aromatic carbocycles. The predicted molar refractivity (Wildman–Crippen MR) is 78.8 cm³/mol. The van der Waals surface area contributed by atoms with Gasteiger partial charge >= 0.3 is 5.97 Å². The monoisotopic (exact) mass is 294 g/mol. The molecule has 21 heavy (non-hydrogen) atoms. The van der Waals surface area contributed by atoms with Crippen molar-refractivity contribution in [2.24, 2.45) is 11.3 Å². The van der Waals surface area contributed by atoms with Gasteiger partial charge in [-0.3, -0.25) is 14.5 Å². The van der Waals surface area contributed by atoms with E-state index in [-0.39, 0.29) is 24.4 Å². The van der Waals surface area contributed by atoms with Crippen LogP contribution in [0.2, 0.25) is 0 Å². The number of carboxylic acids is 1. The number of carbonyl (C=O) groups is 2. The van der Waals surface area contributed by atoms with Crippen LogP contribution in [0.4, 0.5) is 0 Å². The number of carboxylic acid groups (broad SMARTS) is 1. The van der Waals surface area contributed by atoms with Crippen LogP contribution in [0, 0.1) is 11.3 Å². The van der Waals surface area contributed by atoms with Gasteiger partial charge < -0.3 is 10.4 Å². The van der Waals surface area contributed by atoms with Crippen molar-refractivity contribution in [3.8, 4) is 0 Å². The van der Waals surface area contributed by atoms with E-state index < -0.39 is 5.97 Å². The molecule has 3 aliphatic rings. The Kier molecular flexibility index (Phi) is 3.95. The van der Waals surface area contributed by atoms with Crippen molar-refractivity contribution in [2.75, 3.05) is 13.1 Å². The Morgan fingerprint density at radius 3 is 2.52 bits per heavy atom. The summed E-state index contributed by atoms with van der Waals surface area (Å²) in [5, 5.41) is 12.1. The third-order valence-corrected chi connectivity index (χ3v) is 5.83. The summed E-state index contributed by atoms with van der Waals surface area (Å²) in [6, 6.07) is 0.570. The summed E-state index contributed by atoms with van der Waals surface area (Å²) in [4.78, 5) is 25.1. The van der Waals surface area contributed by atoms with Gasteiger partial charge in [-0.05, 0) is 44.1 Å². The van der Waals surface area contributed by atoms with E-state index in [9.17, 15) is 9.59 Å². The molecule has 0 aromatic rings. The number of amides is 1. The van der Waals surface area contributed by atoms with E-state index in [1.54, 1.807) is 0 Å². The second-order valence-electron chi connectivity index (χ2n) is 7.11. The minimum absolute atomic E-state index is 0.105. The quantitative estimate of drug-likeness (QED) is 0.781. The molecule has 1 amide bonds. The van der Waals surface area contributed by atoms with Crippen LogP contribution in [0.1, 0.15) is 51.9 Å². The van der Waals surface area contributed by atoms with Gasteiger partial charge in [0.25, 0.3) is 0 Å². The lowest BCUT2D eigenvalue weighted by Gasteiger charge is -2.42. The van der Waals surface area contributed by atoms with Gasteiger partial charge in [0, 0.05) is 18.0 Å². The number of nitrogens with one attached hydrogen (secondary N) is 1. The van der Waals surface area contributed by atoms with Crippen LogP contribution in [0.3, 0.4) is 0 Å². The molecule has 0 saturated heterocycles. The predicted octanol–water partition coefficient (Wildman–Crippen LogP) is 1.62. The maximum absolute atomic E-state index is 12.3. The molecule has 0 bridgehead atoms. The Balaban J connectivity index is 1.41. The van der Waals surface area contributed by atoms with Crippen LogP contribution in [0.15, 0.2) is 0 Å². The highest BCUT2D eigenvalue weighted by Gasteiger charge is 2.58. The van der Waals surface area contributed by atoms with Gasteiger partial charge in [0.2, 0.25) is 5.91 Å². The second-order valence-corrected chi connectivity index (χ2v) is 7.11. The van der Waals surface area contributed by atoms with E-state index in [1.807, 2.05) is 11.8 Å². The summed E-state index contributed by atoms with van der Waals surface area (Å²) in [6.07, 6.45) is 7.93. The van der Waals surface area contributed by atoms with Gasteiger partial charge in [0.15, 0.2) is 0 Å². The van der Waals surface area contributed by atoms with Crippen LogP contribution in [-0.4, -0.2) is 47.1 Å². The first-order chi connectivity index (χ1) is 10.0. The third-order valence-electron chi connectivity index (χ3n) is 5.83. The van der Waals surface area contributed by atoms with Gasteiger partial charge in [-0.25, -0.2) is 0 Å². The summed E-state index contributed by atoms with van der Waals surface area (Å²) in [5.74, 6) is -0.257. The van der Waals surface area contributed by atoms with Gasteiger partial charge in [-0.15, -0.1) is 0 Å². The molecule has 3 rings (SSSR count). The van der Waals surface area contributed by atoms with Crippen LogP contribution in [-0.2, 0) is 9.59 Å². The molecule has 3 saturated carbocycles. The summed E-state index contributed by atoms with van der Waals surface area (Å²) < 4.78 is 0. The van der Waals surface area contributed by atoms with Crippen LogP contribution >= 0.6 is 0 Å². The van der Waals surface area contributed by atoms with E-state index in [0.717, 1.165) is 25.8 Å². The van der Waals surface area contributed by atoms with Crippen molar-refractivity contribution in [1.82, 2.24) is 10.2 Å². The smallest absolute Gasteiger partial charge is 0.317 e.